The van der Waals surface area contributed by atoms with Gasteiger partial charge < -0.3 is 14.5 Å². The van der Waals surface area contributed by atoms with E-state index in [1.54, 1.807) is 0 Å². The molecule has 0 unspecified atom stereocenters. The highest BCUT2D eigenvalue weighted by Crippen LogP contribution is 2.19. The number of hydrogen-bond donors (Lipinski definition) is 0. The lowest BCUT2D eigenvalue weighted by molar-refractivity contribution is 0.0300. The second kappa shape index (κ2) is 9.21. The van der Waals surface area contributed by atoms with Crippen molar-refractivity contribution >= 4 is 0 Å². The van der Waals surface area contributed by atoms with Gasteiger partial charge in [0.15, 0.2) is 0 Å². The van der Waals surface area contributed by atoms with Gasteiger partial charge in [0, 0.05) is 39.3 Å². The average molecular weight is 309 g/mol. The predicted molar refractivity (Wildman–Crippen MR) is 91.3 cm³/mol. The summed E-state index contributed by atoms with van der Waals surface area (Å²) in [5, 5.41) is 0. The maximum Gasteiger partial charge on any atom is 0.0594 e. The topological polar surface area (TPSA) is 19.0 Å². The van der Waals surface area contributed by atoms with Crippen LogP contribution in [0.4, 0.5) is 0 Å². The maximum absolute atomic E-state index is 5.44. The minimum absolute atomic E-state index is 0.913. The lowest BCUT2D eigenvalue weighted by Crippen LogP contribution is -2.46. The summed E-state index contributed by atoms with van der Waals surface area (Å²) in [5.74, 6) is 0.913. The van der Waals surface area contributed by atoms with E-state index in [1.807, 2.05) is 0 Å². The number of piperidine rings is 1. The Morgan fingerprint density at radius 1 is 0.682 bits per heavy atom. The van der Waals surface area contributed by atoms with Crippen LogP contribution < -0.4 is 0 Å². The second-order valence-electron chi connectivity index (χ2n) is 7.48. The fourth-order valence-electron chi connectivity index (χ4n) is 4.29. The molecule has 0 bridgehead atoms. The van der Waals surface area contributed by atoms with Crippen LogP contribution in [0.25, 0.3) is 0 Å². The second-order valence-corrected chi connectivity index (χ2v) is 7.48. The van der Waals surface area contributed by atoms with E-state index >= 15 is 0 Å². The summed E-state index contributed by atoms with van der Waals surface area (Å²) < 4.78 is 5.44. The van der Waals surface area contributed by atoms with Crippen LogP contribution in [-0.2, 0) is 4.74 Å². The quantitative estimate of drug-likeness (QED) is 0.772. The molecule has 0 radical (unpaired) electrons. The summed E-state index contributed by atoms with van der Waals surface area (Å²) in [7, 11) is 0. The van der Waals surface area contributed by atoms with E-state index in [4.69, 9.17) is 4.74 Å². The Bertz CT molecular complexity index is 299. The van der Waals surface area contributed by atoms with Crippen molar-refractivity contribution in [2.45, 2.75) is 38.5 Å². The van der Waals surface area contributed by atoms with Crippen LogP contribution in [0.15, 0.2) is 0 Å². The normalized spacial score (nSPS) is 30.3. The molecule has 0 amide bonds. The van der Waals surface area contributed by atoms with E-state index < -0.39 is 0 Å². The minimum atomic E-state index is 0.913. The van der Waals surface area contributed by atoms with E-state index in [2.05, 4.69) is 14.7 Å². The first-order chi connectivity index (χ1) is 10.9. The van der Waals surface area contributed by atoms with Crippen molar-refractivity contribution in [3.05, 3.63) is 0 Å². The van der Waals surface area contributed by atoms with Gasteiger partial charge in [-0.1, -0.05) is 12.8 Å². The zero-order valence-corrected chi connectivity index (χ0v) is 14.3. The first-order valence-corrected chi connectivity index (χ1v) is 9.65. The molecular formula is C18H35N3O. The fraction of sp³-hybridized carbons (Fsp3) is 1.00. The van der Waals surface area contributed by atoms with Crippen LogP contribution in [0.2, 0.25) is 0 Å². The molecule has 128 valence electrons. The van der Waals surface area contributed by atoms with Gasteiger partial charge in [0.05, 0.1) is 13.2 Å². The molecule has 3 aliphatic rings. The van der Waals surface area contributed by atoms with Crippen molar-refractivity contribution in [2.75, 3.05) is 72.1 Å². The Kier molecular flexibility index (Phi) is 6.99. The Labute approximate surface area is 136 Å². The summed E-state index contributed by atoms with van der Waals surface area (Å²) in [6.45, 7) is 13.3. The monoisotopic (exact) mass is 309 g/mol. The molecule has 0 aromatic heterocycles. The Hall–Kier alpha value is -0.160. The van der Waals surface area contributed by atoms with Gasteiger partial charge in [0.2, 0.25) is 0 Å². The summed E-state index contributed by atoms with van der Waals surface area (Å²) in [5.41, 5.74) is 0. The summed E-state index contributed by atoms with van der Waals surface area (Å²) in [6.07, 6.45) is 8.60. The van der Waals surface area contributed by atoms with Crippen molar-refractivity contribution < 1.29 is 4.74 Å². The molecule has 0 aromatic carbocycles. The van der Waals surface area contributed by atoms with E-state index in [0.717, 1.165) is 32.2 Å². The van der Waals surface area contributed by atoms with Crippen molar-refractivity contribution in [3.8, 4) is 0 Å². The van der Waals surface area contributed by atoms with Gasteiger partial charge in [-0.2, -0.15) is 0 Å². The number of morpholine rings is 1. The average Bonchev–Trinajstić information content (AvgIpc) is 2.83. The molecule has 3 rings (SSSR count). The van der Waals surface area contributed by atoms with Crippen molar-refractivity contribution in [2.24, 2.45) is 5.92 Å². The molecule has 4 heteroatoms. The van der Waals surface area contributed by atoms with Crippen LogP contribution in [0.5, 0.6) is 0 Å². The molecule has 3 aliphatic heterocycles. The smallest absolute Gasteiger partial charge is 0.0594 e. The third kappa shape index (κ3) is 5.48. The fourth-order valence-corrected chi connectivity index (χ4v) is 4.29. The summed E-state index contributed by atoms with van der Waals surface area (Å²) >= 11 is 0. The van der Waals surface area contributed by atoms with Crippen LogP contribution in [0.1, 0.15) is 38.5 Å². The van der Waals surface area contributed by atoms with Crippen molar-refractivity contribution in [3.63, 3.8) is 0 Å². The molecule has 0 aromatic rings. The van der Waals surface area contributed by atoms with E-state index in [-0.39, 0.29) is 0 Å². The first-order valence-electron chi connectivity index (χ1n) is 9.65. The van der Waals surface area contributed by atoms with Gasteiger partial charge >= 0.3 is 0 Å². The Balaban J connectivity index is 1.36. The Morgan fingerprint density at radius 2 is 1.36 bits per heavy atom. The molecule has 3 fully saturated rings. The number of likely N-dealkylation sites (tertiary alicyclic amines) is 2. The number of nitrogens with zero attached hydrogens (tertiary/aromatic N) is 3. The molecule has 0 spiro atoms. The predicted octanol–water partition coefficient (Wildman–Crippen LogP) is 1.91. The van der Waals surface area contributed by atoms with E-state index in [0.29, 0.717) is 0 Å². The SMILES string of the molecule is C1CCCN(C[C@@H]2CCCN(CCN3CCOCC3)C2)CC1. The van der Waals surface area contributed by atoms with Gasteiger partial charge in [-0.25, -0.2) is 0 Å². The largest absolute Gasteiger partial charge is 0.379 e. The lowest BCUT2D eigenvalue weighted by atomic mass is 9.97. The van der Waals surface area contributed by atoms with Crippen LogP contribution in [0, 0.1) is 5.92 Å². The zero-order chi connectivity index (χ0) is 15.0. The van der Waals surface area contributed by atoms with Crippen LogP contribution in [-0.4, -0.2) is 86.8 Å². The van der Waals surface area contributed by atoms with Gasteiger partial charge in [-0.05, 0) is 51.2 Å². The Morgan fingerprint density at radius 3 is 2.14 bits per heavy atom. The van der Waals surface area contributed by atoms with Crippen LogP contribution in [0.3, 0.4) is 0 Å². The molecule has 4 nitrogen and oxygen atoms in total. The maximum atomic E-state index is 5.44. The molecule has 1 atom stereocenters. The van der Waals surface area contributed by atoms with Crippen molar-refractivity contribution in [1.82, 2.24) is 14.7 Å². The highest BCUT2D eigenvalue weighted by molar-refractivity contribution is 4.78. The molecule has 22 heavy (non-hydrogen) atoms. The highest BCUT2D eigenvalue weighted by Gasteiger charge is 2.23. The number of rotatable bonds is 5. The third-order valence-corrected chi connectivity index (χ3v) is 5.65. The van der Waals surface area contributed by atoms with E-state index in [9.17, 15) is 0 Å². The van der Waals surface area contributed by atoms with Gasteiger partial charge in [-0.3, -0.25) is 4.90 Å². The summed E-state index contributed by atoms with van der Waals surface area (Å²) in [6, 6.07) is 0. The molecule has 0 N–H and O–H groups in total. The molecule has 3 saturated heterocycles. The minimum Gasteiger partial charge on any atom is -0.379 e. The molecule has 0 aliphatic carbocycles. The number of ether oxygens (including phenoxy) is 1. The summed E-state index contributed by atoms with van der Waals surface area (Å²) in [4.78, 5) is 8.05. The molecular weight excluding hydrogens is 274 g/mol. The van der Waals surface area contributed by atoms with Gasteiger partial charge in [0.25, 0.3) is 0 Å². The van der Waals surface area contributed by atoms with Crippen molar-refractivity contribution in [1.29, 1.82) is 0 Å². The first kappa shape index (κ1) is 16.7. The van der Waals surface area contributed by atoms with E-state index in [1.165, 1.54) is 84.3 Å². The van der Waals surface area contributed by atoms with Crippen LogP contribution >= 0.6 is 0 Å². The lowest BCUT2D eigenvalue weighted by Gasteiger charge is -2.37. The zero-order valence-electron chi connectivity index (χ0n) is 14.3. The van der Waals surface area contributed by atoms with Gasteiger partial charge in [0.1, 0.15) is 0 Å². The third-order valence-electron chi connectivity index (χ3n) is 5.65. The molecule has 3 heterocycles. The standard InChI is InChI=1S/C18H35N3O/c1-2-4-8-20(7-3-1)16-18-6-5-9-21(17-18)11-10-19-12-14-22-15-13-19/h18H,1-17H2/t18-/m0/s1. The van der Waals surface area contributed by atoms with Gasteiger partial charge in [-0.15, -0.1) is 0 Å². The highest BCUT2D eigenvalue weighted by atomic mass is 16.5. The molecule has 0 saturated carbocycles. The number of hydrogen-bond acceptors (Lipinski definition) is 4.